The Morgan fingerprint density at radius 2 is 0.833 bits per heavy atom. The molecule has 0 atom stereocenters. The van der Waals surface area contributed by atoms with E-state index in [2.05, 4.69) is 6.92 Å². The van der Waals surface area contributed by atoms with Crippen LogP contribution in [0.15, 0.2) is 0 Å². The Balaban J connectivity index is -0.0000000714. The third-order valence-corrected chi connectivity index (χ3v) is 2.30. The first-order valence-corrected chi connectivity index (χ1v) is 6.55. The van der Waals surface area contributed by atoms with Crippen molar-refractivity contribution in [3.05, 3.63) is 0 Å². The topological polar surface area (TPSA) is 0 Å². The fraction of sp³-hybridized carbons (Fsp3) is 1.00. The van der Waals surface area contributed by atoms with Crippen molar-refractivity contribution in [3.63, 3.8) is 0 Å². The molecule has 0 saturated heterocycles. The van der Waals surface area contributed by atoms with Crippen molar-refractivity contribution in [3.8, 4) is 0 Å². The zero-order valence-corrected chi connectivity index (χ0v) is 16.2. The van der Waals surface area contributed by atoms with Crippen molar-refractivity contribution in [1.29, 1.82) is 0 Å². The first kappa shape index (κ1) is 32.6. The molecule has 1 aliphatic carbocycles. The molecule has 1 aliphatic rings. The molecule has 0 aromatic carbocycles. The van der Waals surface area contributed by atoms with E-state index in [1.54, 1.807) is 0 Å². The van der Waals surface area contributed by atoms with Crippen LogP contribution in [0.5, 0.6) is 0 Å². The summed E-state index contributed by atoms with van der Waals surface area (Å²) in [5.74, 6) is 1.09. The van der Waals surface area contributed by atoms with E-state index in [4.69, 9.17) is 0 Å². The second-order valence-electron chi connectivity index (χ2n) is 4.40. The zero-order valence-electron chi connectivity index (χ0n) is 14.1. The van der Waals surface area contributed by atoms with Crippen molar-refractivity contribution in [2.24, 2.45) is 5.92 Å². The molecule has 0 unspecified atom stereocenters. The van der Waals surface area contributed by atoms with Gasteiger partial charge in [-0.1, -0.05) is 45.4 Å². The Hall–Kier alpha value is 0.991. The van der Waals surface area contributed by atoms with E-state index < -0.39 is 21.8 Å². The Bertz CT molecular complexity index is 220. The average molecular weight is 413 g/mol. The number of hydrogen-bond acceptors (Lipinski definition) is 0. The molecule has 0 spiro atoms. The molecule has 0 aromatic heterocycles. The minimum absolute atomic E-state index is 0. The molecule has 0 aliphatic heterocycles. The van der Waals surface area contributed by atoms with Crippen LogP contribution < -0.4 is 51.4 Å². The van der Waals surface area contributed by atoms with E-state index in [1.807, 2.05) is 0 Å². The average Bonchev–Trinajstić information content (AvgIpc) is 2.23. The molecular formula is C8H17B3F12K-3. The van der Waals surface area contributed by atoms with Gasteiger partial charge < -0.3 is 53.2 Å². The zero-order chi connectivity index (χ0) is 19.3. The van der Waals surface area contributed by atoms with Gasteiger partial charge in [0.2, 0.25) is 0 Å². The van der Waals surface area contributed by atoms with Crippen LogP contribution in [0, 0.1) is 5.92 Å². The third kappa shape index (κ3) is 92.0. The van der Waals surface area contributed by atoms with Crippen LogP contribution in [-0.4, -0.2) is 21.8 Å². The van der Waals surface area contributed by atoms with Crippen LogP contribution in [0.3, 0.4) is 0 Å². The maximum absolute atomic E-state index is 9.75. The Labute approximate surface area is 176 Å². The van der Waals surface area contributed by atoms with Crippen molar-refractivity contribution < 1.29 is 105 Å². The Morgan fingerprint density at radius 3 is 0.958 bits per heavy atom. The van der Waals surface area contributed by atoms with Crippen molar-refractivity contribution in [2.75, 3.05) is 0 Å². The number of rotatable bonds is 1. The van der Waals surface area contributed by atoms with Crippen molar-refractivity contribution in [2.45, 2.75) is 45.4 Å². The van der Waals surface area contributed by atoms with Gasteiger partial charge in [0.25, 0.3) is 0 Å². The summed E-state index contributed by atoms with van der Waals surface area (Å²) >= 11 is 0. The summed E-state index contributed by atoms with van der Waals surface area (Å²) in [5, 5.41) is 0. The van der Waals surface area contributed by atoms with Crippen LogP contribution >= 0.6 is 0 Å². The monoisotopic (exact) mass is 413 g/mol. The summed E-state index contributed by atoms with van der Waals surface area (Å²) in [6, 6.07) is 0. The normalized spacial score (nSPS) is 15.4. The van der Waals surface area contributed by atoms with E-state index in [-0.39, 0.29) is 52.8 Å². The smallest absolute Gasteiger partial charge is 1.00 e. The van der Waals surface area contributed by atoms with Gasteiger partial charge in [-0.15, -0.1) is 0 Å². The maximum Gasteiger partial charge on any atom is 1.00 e. The molecule has 0 bridgehead atoms. The van der Waals surface area contributed by atoms with E-state index in [0.29, 0.717) is 0 Å². The van der Waals surface area contributed by atoms with E-state index >= 15 is 0 Å². The Kier molecular flexibility index (Phi) is 22.0. The summed E-state index contributed by atoms with van der Waals surface area (Å²) in [7, 11) is -18.0. The second-order valence-corrected chi connectivity index (χ2v) is 4.40. The first-order chi connectivity index (χ1) is 9.93. The molecule has 146 valence electrons. The van der Waals surface area contributed by atoms with Gasteiger partial charge in [0.1, 0.15) is 0 Å². The molecule has 0 heterocycles. The minimum Gasteiger partial charge on any atom is -1.00 e. The summed E-state index contributed by atoms with van der Waals surface area (Å²) < 4.78 is 117. The van der Waals surface area contributed by atoms with E-state index in [9.17, 15) is 51.8 Å². The van der Waals surface area contributed by atoms with Crippen LogP contribution in [0.1, 0.15) is 46.9 Å². The van der Waals surface area contributed by atoms with Gasteiger partial charge in [-0.05, 0) is 5.92 Å². The number of hydrogen-bond donors (Lipinski definition) is 0. The van der Waals surface area contributed by atoms with Gasteiger partial charge in [0, 0.05) is 0 Å². The molecule has 24 heavy (non-hydrogen) atoms. The Morgan fingerprint density at radius 1 is 0.625 bits per heavy atom. The molecule has 0 N–H and O–H groups in total. The summed E-state index contributed by atoms with van der Waals surface area (Å²) in [6.45, 7) is 2.32. The largest absolute Gasteiger partial charge is 1.00 e. The fourth-order valence-corrected chi connectivity index (χ4v) is 1.60. The van der Waals surface area contributed by atoms with Gasteiger partial charge in [-0.3, -0.25) is 0 Å². The van der Waals surface area contributed by atoms with Crippen LogP contribution in [0.25, 0.3) is 0 Å². The van der Waals surface area contributed by atoms with Gasteiger partial charge in [0.05, 0.1) is 0 Å². The molecule has 1 fully saturated rings. The minimum atomic E-state index is -6.00. The SMILES string of the molecule is CCC1CCCCC1.F[B-](F)(F)F.F[B-](F)(F)F.F[B-](F)(F)F.[H-].[K+]. The summed E-state index contributed by atoms with van der Waals surface area (Å²) in [6.07, 6.45) is 8.93. The fourth-order valence-electron chi connectivity index (χ4n) is 1.60. The van der Waals surface area contributed by atoms with Crippen LogP contribution in [0.2, 0.25) is 0 Å². The first-order valence-electron chi connectivity index (χ1n) is 6.55. The summed E-state index contributed by atoms with van der Waals surface area (Å²) in [4.78, 5) is 0. The molecule has 0 aromatic rings. The van der Waals surface area contributed by atoms with Gasteiger partial charge in [-0.2, -0.15) is 0 Å². The van der Waals surface area contributed by atoms with Crippen molar-refractivity contribution in [1.82, 2.24) is 0 Å². The van der Waals surface area contributed by atoms with Gasteiger partial charge in [-0.25, -0.2) is 0 Å². The predicted molar refractivity (Wildman–Crippen MR) is 68.5 cm³/mol. The quantitative estimate of drug-likeness (QED) is 0.451. The molecule has 16 heteroatoms. The molecule has 0 radical (unpaired) electrons. The van der Waals surface area contributed by atoms with Crippen molar-refractivity contribution >= 4 is 21.8 Å². The molecule has 0 amide bonds. The standard InChI is InChI=1S/C8H16.3BF4.K.H/c1-2-8-6-4-3-5-7-8;3*2-1(3,4)5;;/h8H,2-7H2,1H3;;;;;/q;3*-1;+1;-1. The second kappa shape index (κ2) is 16.2. The van der Waals surface area contributed by atoms with Crippen LogP contribution in [0.4, 0.5) is 51.8 Å². The molecule has 0 nitrogen and oxygen atoms in total. The third-order valence-electron chi connectivity index (χ3n) is 2.30. The van der Waals surface area contributed by atoms with Gasteiger partial charge >= 0.3 is 73.1 Å². The van der Waals surface area contributed by atoms with E-state index in [0.717, 1.165) is 5.92 Å². The molecule has 1 rings (SSSR count). The maximum atomic E-state index is 9.75. The molecule has 1 saturated carbocycles. The predicted octanol–water partition coefficient (Wildman–Crippen LogP) is 3.99. The summed E-state index contributed by atoms with van der Waals surface area (Å²) in [5.41, 5.74) is 0. The molecular weight excluding hydrogens is 396 g/mol. The van der Waals surface area contributed by atoms with Gasteiger partial charge in [0.15, 0.2) is 0 Å². The van der Waals surface area contributed by atoms with Crippen LogP contribution in [-0.2, 0) is 0 Å². The van der Waals surface area contributed by atoms with E-state index in [1.165, 1.54) is 38.5 Å². The number of halogens is 12.